The number of aliphatic hydroxyl groups is 1. The highest BCUT2D eigenvalue weighted by atomic mass is 16.3. The maximum Gasteiger partial charge on any atom is 0.0681 e. The van der Waals surface area contributed by atoms with Crippen LogP contribution in [0.1, 0.15) is 30.9 Å². The van der Waals surface area contributed by atoms with Gasteiger partial charge in [0.25, 0.3) is 0 Å². The lowest BCUT2D eigenvalue weighted by Crippen LogP contribution is -2.31. The van der Waals surface area contributed by atoms with Crippen LogP contribution in [0.5, 0.6) is 0 Å². The van der Waals surface area contributed by atoms with Crippen molar-refractivity contribution in [3.8, 4) is 0 Å². The minimum absolute atomic E-state index is 0.128. The fraction of sp³-hybridized carbons (Fsp3) is 0.571. The fourth-order valence-electron chi connectivity index (χ4n) is 2.33. The lowest BCUT2D eigenvalue weighted by Gasteiger charge is -2.28. The number of hydrogen-bond donors (Lipinski definition) is 1. The van der Waals surface area contributed by atoms with Gasteiger partial charge in [0.2, 0.25) is 0 Å². The van der Waals surface area contributed by atoms with E-state index in [0.29, 0.717) is 6.04 Å². The van der Waals surface area contributed by atoms with Gasteiger partial charge in [-0.1, -0.05) is 12.1 Å². The van der Waals surface area contributed by atoms with E-state index in [0.717, 1.165) is 11.5 Å². The maximum atomic E-state index is 9.09. The van der Waals surface area contributed by atoms with Crippen LogP contribution in [0, 0.1) is 12.8 Å². The number of benzene rings is 1. The van der Waals surface area contributed by atoms with Crippen LogP contribution in [0.25, 0.3) is 0 Å². The summed E-state index contributed by atoms with van der Waals surface area (Å²) in [7, 11) is 2.17. The molecular formula is C14H21NO. The van der Waals surface area contributed by atoms with Gasteiger partial charge in [-0.2, -0.15) is 0 Å². The summed E-state index contributed by atoms with van der Waals surface area (Å²) in [5.74, 6) is 0.877. The second-order valence-electron chi connectivity index (χ2n) is 4.97. The second kappa shape index (κ2) is 4.46. The number of aryl methyl sites for hydroxylation is 1. The zero-order valence-electron chi connectivity index (χ0n) is 10.4. The Balaban J connectivity index is 2.18. The van der Waals surface area contributed by atoms with Crippen LogP contribution in [0.2, 0.25) is 0 Å². The molecule has 1 saturated carbocycles. The van der Waals surface area contributed by atoms with E-state index in [2.05, 4.69) is 37.9 Å². The van der Waals surface area contributed by atoms with Gasteiger partial charge in [-0.3, -0.25) is 0 Å². The molecule has 0 bridgehead atoms. The Bertz CT molecular complexity index is 371. The minimum atomic E-state index is 0.128. The van der Waals surface area contributed by atoms with E-state index in [1.54, 1.807) is 0 Å². The van der Waals surface area contributed by atoms with E-state index < -0.39 is 0 Å². The first-order valence-corrected chi connectivity index (χ1v) is 6.06. The molecule has 1 aromatic carbocycles. The summed E-state index contributed by atoms with van der Waals surface area (Å²) >= 11 is 0. The normalized spacial score (nSPS) is 17.2. The van der Waals surface area contributed by atoms with Crippen molar-refractivity contribution >= 4 is 5.69 Å². The van der Waals surface area contributed by atoms with Crippen molar-refractivity contribution in [2.45, 2.75) is 39.3 Å². The molecule has 2 rings (SSSR count). The Morgan fingerprint density at radius 2 is 2.12 bits per heavy atom. The Morgan fingerprint density at radius 3 is 2.62 bits per heavy atom. The standard InChI is InChI=1S/C14H21NO/c1-10-8-12(9-16)4-7-14(10)15(3)11(2)13-5-6-13/h4,7-8,11,13,16H,5-6,9H2,1-3H3. The van der Waals surface area contributed by atoms with Crippen LogP contribution in [0.15, 0.2) is 18.2 Å². The van der Waals surface area contributed by atoms with Gasteiger partial charge in [0.1, 0.15) is 0 Å². The molecular weight excluding hydrogens is 198 g/mol. The van der Waals surface area contributed by atoms with Crippen molar-refractivity contribution < 1.29 is 5.11 Å². The number of anilines is 1. The van der Waals surface area contributed by atoms with Gasteiger partial charge in [-0.25, -0.2) is 0 Å². The Kier molecular flexibility index (Phi) is 3.20. The molecule has 0 aromatic heterocycles. The van der Waals surface area contributed by atoms with Gasteiger partial charge in [0.05, 0.1) is 6.61 Å². The van der Waals surface area contributed by atoms with E-state index >= 15 is 0 Å². The van der Waals surface area contributed by atoms with Crippen LogP contribution < -0.4 is 4.90 Å². The lowest BCUT2D eigenvalue weighted by molar-refractivity contribution is 0.282. The predicted molar refractivity (Wildman–Crippen MR) is 67.7 cm³/mol. The number of nitrogens with zero attached hydrogens (tertiary/aromatic N) is 1. The van der Waals surface area contributed by atoms with E-state index in [9.17, 15) is 0 Å². The predicted octanol–water partition coefficient (Wildman–Crippen LogP) is 2.72. The monoisotopic (exact) mass is 219 g/mol. The van der Waals surface area contributed by atoms with Gasteiger partial charge >= 0.3 is 0 Å². The molecule has 2 nitrogen and oxygen atoms in total. The van der Waals surface area contributed by atoms with Crippen molar-refractivity contribution in [3.63, 3.8) is 0 Å². The summed E-state index contributed by atoms with van der Waals surface area (Å²) in [6, 6.07) is 6.84. The van der Waals surface area contributed by atoms with Crippen LogP contribution in [-0.2, 0) is 6.61 Å². The molecule has 1 aliphatic rings. The van der Waals surface area contributed by atoms with Crippen molar-refractivity contribution in [2.24, 2.45) is 5.92 Å². The molecule has 1 N–H and O–H groups in total. The average Bonchev–Trinajstić information content (AvgIpc) is 3.10. The number of rotatable bonds is 4. The first-order chi connectivity index (χ1) is 7.63. The van der Waals surface area contributed by atoms with Gasteiger partial charge < -0.3 is 10.0 Å². The Morgan fingerprint density at radius 1 is 1.44 bits per heavy atom. The largest absolute Gasteiger partial charge is 0.392 e. The topological polar surface area (TPSA) is 23.5 Å². The van der Waals surface area contributed by atoms with Gasteiger partial charge in [0.15, 0.2) is 0 Å². The highest BCUT2D eigenvalue weighted by Crippen LogP contribution is 2.36. The van der Waals surface area contributed by atoms with Crippen molar-refractivity contribution in [3.05, 3.63) is 29.3 Å². The highest BCUT2D eigenvalue weighted by molar-refractivity contribution is 5.54. The average molecular weight is 219 g/mol. The first-order valence-electron chi connectivity index (χ1n) is 6.06. The summed E-state index contributed by atoms with van der Waals surface area (Å²) in [6.07, 6.45) is 2.75. The molecule has 1 unspecified atom stereocenters. The molecule has 0 radical (unpaired) electrons. The molecule has 16 heavy (non-hydrogen) atoms. The maximum absolute atomic E-state index is 9.09. The SMILES string of the molecule is Cc1cc(CO)ccc1N(C)C(C)C1CC1. The van der Waals surface area contributed by atoms with E-state index in [-0.39, 0.29) is 6.61 Å². The van der Waals surface area contributed by atoms with Crippen molar-refractivity contribution in [1.82, 2.24) is 0 Å². The fourth-order valence-corrected chi connectivity index (χ4v) is 2.33. The van der Waals surface area contributed by atoms with Crippen molar-refractivity contribution in [1.29, 1.82) is 0 Å². The minimum Gasteiger partial charge on any atom is -0.392 e. The Hall–Kier alpha value is -1.02. The lowest BCUT2D eigenvalue weighted by atomic mass is 10.1. The summed E-state index contributed by atoms with van der Waals surface area (Å²) in [5, 5.41) is 9.09. The smallest absolute Gasteiger partial charge is 0.0681 e. The zero-order valence-corrected chi connectivity index (χ0v) is 10.4. The third-order valence-corrected chi connectivity index (χ3v) is 3.74. The van der Waals surface area contributed by atoms with E-state index in [1.807, 2.05) is 6.07 Å². The van der Waals surface area contributed by atoms with E-state index in [4.69, 9.17) is 5.11 Å². The highest BCUT2D eigenvalue weighted by Gasteiger charge is 2.30. The summed E-state index contributed by atoms with van der Waals surface area (Å²) in [6.45, 7) is 4.55. The molecule has 1 aliphatic carbocycles. The molecule has 1 atom stereocenters. The summed E-state index contributed by atoms with van der Waals surface area (Å²) < 4.78 is 0. The second-order valence-corrected chi connectivity index (χ2v) is 4.97. The number of aliphatic hydroxyl groups excluding tert-OH is 1. The van der Waals surface area contributed by atoms with Crippen LogP contribution in [0.4, 0.5) is 5.69 Å². The van der Waals surface area contributed by atoms with Crippen LogP contribution >= 0.6 is 0 Å². The summed E-state index contributed by atoms with van der Waals surface area (Å²) in [5.41, 5.74) is 3.53. The molecule has 0 aliphatic heterocycles. The molecule has 0 saturated heterocycles. The van der Waals surface area contributed by atoms with E-state index in [1.165, 1.54) is 24.1 Å². The zero-order chi connectivity index (χ0) is 11.7. The molecule has 1 fully saturated rings. The molecule has 0 spiro atoms. The number of hydrogen-bond acceptors (Lipinski definition) is 2. The first kappa shape index (κ1) is 11.5. The molecule has 0 heterocycles. The molecule has 88 valence electrons. The van der Waals surface area contributed by atoms with Gasteiger partial charge in [0, 0.05) is 18.8 Å². The van der Waals surface area contributed by atoms with Gasteiger partial charge in [-0.05, 0) is 49.8 Å². The third kappa shape index (κ3) is 2.22. The van der Waals surface area contributed by atoms with Gasteiger partial charge in [-0.15, -0.1) is 0 Å². The summed E-state index contributed by atoms with van der Waals surface area (Å²) in [4.78, 5) is 2.37. The van der Waals surface area contributed by atoms with Crippen LogP contribution in [0.3, 0.4) is 0 Å². The van der Waals surface area contributed by atoms with Crippen molar-refractivity contribution in [2.75, 3.05) is 11.9 Å². The third-order valence-electron chi connectivity index (χ3n) is 3.74. The Labute approximate surface area is 97.9 Å². The quantitative estimate of drug-likeness (QED) is 0.841. The molecule has 1 aromatic rings. The molecule has 2 heteroatoms. The van der Waals surface area contributed by atoms with Crippen LogP contribution in [-0.4, -0.2) is 18.2 Å². The molecule has 0 amide bonds.